The van der Waals surface area contributed by atoms with Gasteiger partial charge in [-0.3, -0.25) is 0 Å². The quantitative estimate of drug-likeness (QED) is 0.398. The van der Waals surface area contributed by atoms with Crippen LogP contribution in [0.5, 0.6) is 11.5 Å². The van der Waals surface area contributed by atoms with Gasteiger partial charge in [0.2, 0.25) is 0 Å². The topological polar surface area (TPSA) is 52.6 Å². The number of aryl methyl sites for hydroxylation is 1. The van der Waals surface area contributed by atoms with Gasteiger partial charge in [0, 0.05) is 17.5 Å². The Labute approximate surface area is 181 Å². The summed E-state index contributed by atoms with van der Waals surface area (Å²) in [6, 6.07) is 19.3. The molecule has 7 heteroatoms. The fourth-order valence-electron chi connectivity index (χ4n) is 2.74. The van der Waals surface area contributed by atoms with Crippen LogP contribution in [-0.2, 0) is 23.0 Å². The minimum Gasteiger partial charge on any atom is -0.493 e. The molecule has 4 nitrogen and oxygen atoms in total. The van der Waals surface area contributed by atoms with Gasteiger partial charge in [0.1, 0.15) is 16.4 Å². The summed E-state index contributed by atoms with van der Waals surface area (Å²) in [6.45, 7) is 2.43. The Kier molecular flexibility index (Phi) is 7.06. The van der Waals surface area contributed by atoms with Gasteiger partial charge in [-0.25, -0.2) is 0 Å². The lowest BCUT2D eigenvalue weighted by Crippen LogP contribution is -2.11. The van der Waals surface area contributed by atoms with Crippen molar-refractivity contribution in [3.8, 4) is 11.5 Å². The SMILES string of the molecule is CCc1cc(OCCc2ccccc2)cc(OS(=O)(=O)c2cc(Cl)ccc2Cl)c1. The lowest BCUT2D eigenvalue weighted by Gasteiger charge is -2.13. The van der Waals surface area contributed by atoms with Gasteiger partial charge in [0.05, 0.1) is 11.6 Å². The Morgan fingerprint density at radius 1 is 0.862 bits per heavy atom. The van der Waals surface area contributed by atoms with Gasteiger partial charge < -0.3 is 8.92 Å². The highest BCUT2D eigenvalue weighted by atomic mass is 35.5. The molecular formula is C22H20Cl2O4S. The third-order valence-corrected chi connectivity index (χ3v) is 6.18. The molecule has 0 fully saturated rings. The van der Waals surface area contributed by atoms with E-state index in [9.17, 15) is 8.42 Å². The summed E-state index contributed by atoms with van der Waals surface area (Å²) in [5.74, 6) is 0.706. The number of rotatable bonds is 8. The second-order valence-corrected chi connectivity index (χ2v) is 8.72. The van der Waals surface area contributed by atoms with Crippen LogP contribution < -0.4 is 8.92 Å². The van der Waals surface area contributed by atoms with Crippen LogP contribution in [0.3, 0.4) is 0 Å². The molecule has 3 rings (SSSR count). The maximum absolute atomic E-state index is 12.7. The van der Waals surface area contributed by atoms with Crippen molar-refractivity contribution in [3.05, 3.63) is 87.9 Å². The Bertz CT molecular complexity index is 1080. The van der Waals surface area contributed by atoms with Crippen LogP contribution in [0.25, 0.3) is 0 Å². The summed E-state index contributed by atoms with van der Waals surface area (Å²) < 4.78 is 36.5. The van der Waals surface area contributed by atoms with Crippen molar-refractivity contribution in [3.63, 3.8) is 0 Å². The molecule has 0 aromatic heterocycles. The van der Waals surface area contributed by atoms with E-state index in [2.05, 4.69) is 0 Å². The van der Waals surface area contributed by atoms with Crippen LogP contribution in [-0.4, -0.2) is 15.0 Å². The molecule has 0 heterocycles. The van der Waals surface area contributed by atoms with E-state index >= 15 is 0 Å². The molecule has 0 saturated carbocycles. The summed E-state index contributed by atoms with van der Waals surface area (Å²) in [5, 5.41) is 0.296. The van der Waals surface area contributed by atoms with E-state index in [1.165, 1.54) is 18.2 Å². The zero-order chi connectivity index (χ0) is 20.9. The van der Waals surface area contributed by atoms with Crippen LogP contribution in [0.1, 0.15) is 18.1 Å². The highest BCUT2D eigenvalue weighted by Crippen LogP contribution is 2.30. The van der Waals surface area contributed by atoms with Crippen LogP contribution in [0, 0.1) is 0 Å². The first kappa shape index (κ1) is 21.5. The van der Waals surface area contributed by atoms with E-state index in [-0.39, 0.29) is 20.7 Å². The molecule has 0 atom stereocenters. The van der Waals surface area contributed by atoms with E-state index in [1.807, 2.05) is 43.3 Å². The largest absolute Gasteiger partial charge is 0.493 e. The smallest absolute Gasteiger partial charge is 0.340 e. The molecular weight excluding hydrogens is 431 g/mol. The first-order valence-electron chi connectivity index (χ1n) is 9.07. The summed E-state index contributed by atoms with van der Waals surface area (Å²) >= 11 is 11.9. The van der Waals surface area contributed by atoms with Crippen LogP contribution >= 0.6 is 23.2 Å². The fourth-order valence-corrected chi connectivity index (χ4v) is 4.39. The molecule has 152 valence electrons. The predicted octanol–water partition coefficient (Wildman–Crippen LogP) is 5.95. The van der Waals surface area contributed by atoms with Crippen LogP contribution in [0.2, 0.25) is 10.0 Å². The van der Waals surface area contributed by atoms with Crippen molar-refractivity contribution >= 4 is 33.3 Å². The molecule has 3 aromatic carbocycles. The zero-order valence-corrected chi connectivity index (χ0v) is 18.1. The van der Waals surface area contributed by atoms with Crippen LogP contribution in [0.4, 0.5) is 0 Å². The van der Waals surface area contributed by atoms with Gasteiger partial charge in [-0.2, -0.15) is 8.42 Å². The highest BCUT2D eigenvalue weighted by molar-refractivity contribution is 7.87. The van der Waals surface area contributed by atoms with Crippen molar-refractivity contribution in [1.29, 1.82) is 0 Å². The Morgan fingerprint density at radius 3 is 2.31 bits per heavy atom. The summed E-state index contributed by atoms with van der Waals surface area (Å²) in [6.07, 6.45) is 1.44. The van der Waals surface area contributed by atoms with Crippen molar-refractivity contribution in [2.24, 2.45) is 0 Å². The van der Waals surface area contributed by atoms with E-state index < -0.39 is 10.1 Å². The molecule has 0 unspecified atom stereocenters. The summed E-state index contributed by atoms with van der Waals surface area (Å²) in [5.41, 5.74) is 2.05. The molecule has 0 amide bonds. The van der Waals surface area contributed by atoms with Gasteiger partial charge in [-0.15, -0.1) is 0 Å². The van der Waals surface area contributed by atoms with E-state index in [4.69, 9.17) is 32.1 Å². The molecule has 0 spiro atoms. The van der Waals surface area contributed by atoms with E-state index in [0.717, 1.165) is 17.5 Å². The maximum atomic E-state index is 12.7. The molecule has 0 aliphatic carbocycles. The van der Waals surface area contributed by atoms with Crippen molar-refractivity contribution in [1.82, 2.24) is 0 Å². The molecule has 0 radical (unpaired) electrons. The first-order valence-corrected chi connectivity index (χ1v) is 11.2. The monoisotopic (exact) mass is 450 g/mol. The zero-order valence-electron chi connectivity index (χ0n) is 15.8. The van der Waals surface area contributed by atoms with Gasteiger partial charge in [0.15, 0.2) is 0 Å². The predicted molar refractivity (Wildman–Crippen MR) is 116 cm³/mol. The molecule has 0 aliphatic heterocycles. The lowest BCUT2D eigenvalue weighted by atomic mass is 10.1. The van der Waals surface area contributed by atoms with Gasteiger partial charge in [-0.05, 0) is 47.9 Å². The highest BCUT2D eigenvalue weighted by Gasteiger charge is 2.21. The minimum absolute atomic E-state index is 0.0420. The second-order valence-electron chi connectivity index (χ2n) is 6.36. The Hall–Kier alpha value is -2.21. The van der Waals surface area contributed by atoms with Gasteiger partial charge in [-0.1, -0.05) is 60.5 Å². The van der Waals surface area contributed by atoms with Crippen LogP contribution in [0.15, 0.2) is 71.6 Å². The first-order chi connectivity index (χ1) is 13.9. The number of benzene rings is 3. The standard InChI is InChI=1S/C22H20Cl2O4S/c1-2-16-12-19(27-11-10-17-6-4-3-5-7-17)15-20(13-16)28-29(25,26)22-14-18(23)8-9-21(22)24/h3-9,12-15H,2,10-11H2,1H3. The van der Waals surface area contributed by atoms with Gasteiger partial charge in [0.25, 0.3) is 0 Å². The summed E-state index contributed by atoms with van der Waals surface area (Å²) in [4.78, 5) is -0.180. The average molecular weight is 451 g/mol. The van der Waals surface area contributed by atoms with E-state index in [1.54, 1.807) is 12.1 Å². The number of halogens is 2. The number of hydrogen-bond donors (Lipinski definition) is 0. The number of ether oxygens (including phenoxy) is 1. The van der Waals surface area contributed by atoms with Crippen molar-refractivity contribution in [2.45, 2.75) is 24.7 Å². The van der Waals surface area contributed by atoms with Crippen molar-refractivity contribution in [2.75, 3.05) is 6.61 Å². The molecule has 3 aromatic rings. The minimum atomic E-state index is -4.14. The van der Waals surface area contributed by atoms with Crippen molar-refractivity contribution < 1.29 is 17.3 Å². The summed E-state index contributed by atoms with van der Waals surface area (Å²) in [7, 11) is -4.14. The van der Waals surface area contributed by atoms with E-state index in [0.29, 0.717) is 18.8 Å². The molecule has 0 bridgehead atoms. The third kappa shape index (κ3) is 5.89. The molecule has 0 aliphatic rings. The fraction of sp³-hybridized carbons (Fsp3) is 0.182. The second kappa shape index (κ2) is 9.53. The van der Waals surface area contributed by atoms with Gasteiger partial charge >= 0.3 is 10.1 Å². The molecule has 0 N–H and O–H groups in total. The average Bonchev–Trinajstić information content (AvgIpc) is 2.70. The normalized spacial score (nSPS) is 11.3. The Balaban J connectivity index is 1.78. The third-order valence-electron chi connectivity index (χ3n) is 4.22. The maximum Gasteiger partial charge on any atom is 0.340 e. The Morgan fingerprint density at radius 2 is 1.59 bits per heavy atom. The number of hydrogen-bond acceptors (Lipinski definition) is 4. The lowest BCUT2D eigenvalue weighted by molar-refractivity contribution is 0.320. The molecule has 0 saturated heterocycles. The molecule has 29 heavy (non-hydrogen) atoms.